The van der Waals surface area contributed by atoms with Gasteiger partial charge in [-0.15, -0.1) is 0 Å². The number of halogens is 3. The molecule has 1 aromatic rings. The van der Waals surface area contributed by atoms with Gasteiger partial charge in [0.05, 0.1) is 7.11 Å². The van der Waals surface area contributed by atoms with Crippen LogP contribution >= 0.6 is 0 Å². The number of methoxy groups -OCH3 is 1. The maximum absolute atomic E-state index is 12.2. The standard InChI is InChI=1S/C18H20F3N3O5/c1-17(2,3)29-16(27)23-12(14(25)28-4)7-5-6-11-8-9-13(22-10-11)24-15(26)18(19,20)21/h8-10,12H,7H2,1-4H3,(H,23,27)(H,22,24,26)/t12-/m0/s1. The Bertz CT molecular complexity index is 805. The molecule has 1 atom stereocenters. The number of rotatable bonds is 4. The molecule has 0 fully saturated rings. The number of nitrogens with one attached hydrogen (secondary N) is 2. The highest BCUT2D eigenvalue weighted by atomic mass is 19.4. The lowest BCUT2D eigenvalue weighted by molar-refractivity contribution is -0.167. The topological polar surface area (TPSA) is 107 Å². The van der Waals surface area contributed by atoms with Gasteiger partial charge in [0.25, 0.3) is 0 Å². The first-order chi connectivity index (χ1) is 13.3. The fraction of sp³-hybridized carbons (Fsp3) is 0.444. The SMILES string of the molecule is COC(=O)[C@H](CC#Cc1ccc(NC(=O)C(F)(F)F)nc1)NC(=O)OC(C)(C)C. The van der Waals surface area contributed by atoms with Crippen LogP contribution in [0.5, 0.6) is 0 Å². The number of carbonyl (C=O) groups excluding carboxylic acids is 3. The van der Waals surface area contributed by atoms with Gasteiger partial charge in [-0.2, -0.15) is 13.2 Å². The van der Waals surface area contributed by atoms with E-state index < -0.39 is 35.8 Å². The summed E-state index contributed by atoms with van der Waals surface area (Å²) in [5.74, 6) is 2.12. The zero-order valence-electron chi connectivity index (χ0n) is 16.1. The smallest absolute Gasteiger partial charge is 0.467 e. The third-order valence-electron chi connectivity index (χ3n) is 2.98. The van der Waals surface area contributed by atoms with Crippen molar-refractivity contribution in [1.29, 1.82) is 0 Å². The number of hydrogen-bond acceptors (Lipinski definition) is 6. The number of pyridine rings is 1. The van der Waals surface area contributed by atoms with Crippen molar-refractivity contribution in [2.24, 2.45) is 0 Å². The van der Waals surface area contributed by atoms with Crippen LogP contribution in [-0.4, -0.2) is 47.9 Å². The molecule has 8 nitrogen and oxygen atoms in total. The molecule has 2 amide bonds. The number of aromatic nitrogens is 1. The van der Waals surface area contributed by atoms with E-state index in [2.05, 4.69) is 26.9 Å². The third-order valence-corrected chi connectivity index (χ3v) is 2.98. The summed E-state index contributed by atoms with van der Waals surface area (Å²) in [6, 6.07) is 1.39. The molecule has 158 valence electrons. The van der Waals surface area contributed by atoms with Crippen molar-refractivity contribution in [2.45, 2.75) is 45.0 Å². The molecule has 0 aliphatic carbocycles. The van der Waals surface area contributed by atoms with Crippen LogP contribution in [0, 0.1) is 11.8 Å². The van der Waals surface area contributed by atoms with E-state index in [1.807, 2.05) is 0 Å². The third kappa shape index (κ3) is 8.96. The average molecular weight is 415 g/mol. The molecule has 29 heavy (non-hydrogen) atoms. The van der Waals surface area contributed by atoms with Gasteiger partial charge in [0.2, 0.25) is 0 Å². The normalized spacial score (nSPS) is 12.1. The zero-order valence-corrected chi connectivity index (χ0v) is 16.1. The van der Waals surface area contributed by atoms with Crippen molar-refractivity contribution in [2.75, 3.05) is 12.4 Å². The second kappa shape index (κ2) is 9.77. The number of nitrogens with zero attached hydrogens (tertiary/aromatic N) is 1. The summed E-state index contributed by atoms with van der Waals surface area (Å²) >= 11 is 0. The Morgan fingerprint density at radius 2 is 1.86 bits per heavy atom. The molecule has 0 bridgehead atoms. The van der Waals surface area contributed by atoms with Gasteiger partial charge in [0, 0.05) is 18.2 Å². The molecule has 0 spiro atoms. The molecular weight excluding hydrogens is 395 g/mol. The molecule has 1 heterocycles. The Kier molecular flexibility index (Phi) is 8.00. The van der Waals surface area contributed by atoms with Crippen molar-refractivity contribution in [1.82, 2.24) is 10.3 Å². The molecule has 0 radical (unpaired) electrons. The molecule has 0 unspecified atom stereocenters. The largest absolute Gasteiger partial charge is 0.471 e. The summed E-state index contributed by atoms with van der Waals surface area (Å²) in [5.41, 5.74) is -0.443. The van der Waals surface area contributed by atoms with Crippen LogP contribution in [0.4, 0.5) is 23.8 Å². The number of amides is 2. The summed E-state index contributed by atoms with van der Waals surface area (Å²) in [4.78, 5) is 38.1. The van der Waals surface area contributed by atoms with Gasteiger partial charge < -0.3 is 20.1 Å². The summed E-state index contributed by atoms with van der Waals surface area (Å²) < 4.78 is 46.3. The summed E-state index contributed by atoms with van der Waals surface area (Å²) in [6.45, 7) is 4.98. The van der Waals surface area contributed by atoms with E-state index in [0.29, 0.717) is 5.56 Å². The Balaban J connectivity index is 2.75. The van der Waals surface area contributed by atoms with Gasteiger partial charge in [-0.1, -0.05) is 11.8 Å². The van der Waals surface area contributed by atoms with Gasteiger partial charge >= 0.3 is 24.1 Å². The monoisotopic (exact) mass is 415 g/mol. The Hall–Kier alpha value is -3.29. The number of esters is 1. The Morgan fingerprint density at radius 3 is 2.34 bits per heavy atom. The number of hydrogen-bond donors (Lipinski definition) is 2. The number of alkyl halides is 3. The number of anilines is 1. The fourth-order valence-electron chi connectivity index (χ4n) is 1.77. The van der Waals surface area contributed by atoms with E-state index >= 15 is 0 Å². The molecule has 1 rings (SSSR count). The highest BCUT2D eigenvalue weighted by Crippen LogP contribution is 2.17. The lowest BCUT2D eigenvalue weighted by Crippen LogP contribution is -2.43. The van der Waals surface area contributed by atoms with Crippen LogP contribution in [0.2, 0.25) is 0 Å². The van der Waals surface area contributed by atoms with Crippen molar-refractivity contribution in [3.8, 4) is 11.8 Å². The zero-order chi connectivity index (χ0) is 22.2. The van der Waals surface area contributed by atoms with E-state index in [1.54, 1.807) is 26.1 Å². The maximum Gasteiger partial charge on any atom is 0.471 e. The van der Waals surface area contributed by atoms with Crippen LogP contribution in [-0.2, 0) is 19.1 Å². The van der Waals surface area contributed by atoms with Crippen molar-refractivity contribution in [3.63, 3.8) is 0 Å². The van der Waals surface area contributed by atoms with Gasteiger partial charge in [-0.25, -0.2) is 14.6 Å². The lowest BCUT2D eigenvalue weighted by Gasteiger charge is -2.21. The van der Waals surface area contributed by atoms with E-state index in [0.717, 1.165) is 19.4 Å². The molecule has 2 N–H and O–H groups in total. The van der Waals surface area contributed by atoms with E-state index in [-0.39, 0.29) is 12.2 Å². The predicted octanol–water partition coefficient (Wildman–Crippen LogP) is 2.39. The molecule has 0 aliphatic rings. The average Bonchev–Trinajstić information content (AvgIpc) is 2.59. The van der Waals surface area contributed by atoms with Gasteiger partial charge in [0.1, 0.15) is 17.5 Å². The van der Waals surface area contributed by atoms with Crippen LogP contribution in [0.3, 0.4) is 0 Å². The van der Waals surface area contributed by atoms with Crippen LogP contribution in [0.15, 0.2) is 18.3 Å². The number of ether oxygens (including phenoxy) is 2. The molecule has 1 aromatic heterocycles. The highest BCUT2D eigenvalue weighted by Gasteiger charge is 2.38. The minimum atomic E-state index is -5.02. The van der Waals surface area contributed by atoms with Crippen molar-refractivity contribution in [3.05, 3.63) is 23.9 Å². The van der Waals surface area contributed by atoms with Crippen LogP contribution in [0.25, 0.3) is 0 Å². The molecular formula is C18H20F3N3O5. The summed E-state index contributed by atoms with van der Waals surface area (Å²) in [7, 11) is 1.15. The molecule has 0 aliphatic heterocycles. The first-order valence-electron chi connectivity index (χ1n) is 8.22. The van der Waals surface area contributed by atoms with Gasteiger partial charge in [0.15, 0.2) is 0 Å². The number of alkyl carbamates (subject to hydrolysis) is 1. The minimum absolute atomic E-state index is 0.113. The van der Waals surface area contributed by atoms with Crippen LogP contribution < -0.4 is 10.6 Å². The molecule has 0 saturated carbocycles. The van der Waals surface area contributed by atoms with E-state index in [9.17, 15) is 27.6 Å². The second-order valence-corrected chi connectivity index (χ2v) is 6.61. The summed E-state index contributed by atoms with van der Waals surface area (Å²) in [6.07, 6.45) is -4.81. The molecule has 11 heteroatoms. The molecule has 0 aromatic carbocycles. The van der Waals surface area contributed by atoms with Crippen molar-refractivity contribution >= 4 is 23.8 Å². The fourth-order valence-corrected chi connectivity index (χ4v) is 1.77. The quantitative estimate of drug-likeness (QED) is 0.578. The first kappa shape index (κ1) is 23.7. The first-order valence-corrected chi connectivity index (χ1v) is 8.22. The Morgan fingerprint density at radius 1 is 1.21 bits per heavy atom. The van der Waals surface area contributed by atoms with Gasteiger partial charge in [-0.05, 0) is 32.9 Å². The number of carbonyl (C=O) groups is 3. The Labute approximate surface area is 165 Å². The second-order valence-electron chi connectivity index (χ2n) is 6.61. The molecule has 0 saturated heterocycles. The van der Waals surface area contributed by atoms with E-state index in [1.165, 1.54) is 6.07 Å². The van der Waals surface area contributed by atoms with Gasteiger partial charge in [-0.3, -0.25) is 4.79 Å². The summed E-state index contributed by atoms with van der Waals surface area (Å²) in [5, 5.41) is 3.95. The maximum atomic E-state index is 12.2. The van der Waals surface area contributed by atoms with Crippen molar-refractivity contribution < 1.29 is 37.0 Å². The minimum Gasteiger partial charge on any atom is -0.467 e. The van der Waals surface area contributed by atoms with E-state index in [4.69, 9.17) is 4.74 Å². The lowest BCUT2D eigenvalue weighted by atomic mass is 10.2. The predicted molar refractivity (Wildman–Crippen MR) is 95.6 cm³/mol. The van der Waals surface area contributed by atoms with Crippen LogP contribution in [0.1, 0.15) is 32.8 Å². The highest BCUT2D eigenvalue weighted by molar-refractivity contribution is 5.94.